The zero-order chi connectivity index (χ0) is 19.9. The number of carbonyl (C=O) groups is 1. The van der Waals surface area contributed by atoms with Crippen LogP contribution in [0.2, 0.25) is 0 Å². The number of nitrogens with one attached hydrogen (secondary N) is 1. The third-order valence-corrected chi connectivity index (χ3v) is 4.10. The van der Waals surface area contributed by atoms with Gasteiger partial charge in [0.15, 0.2) is 12.4 Å². The Kier molecular flexibility index (Phi) is 6.26. The second kappa shape index (κ2) is 9.03. The molecule has 0 aliphatic carbocycles. The summed E-state index contributed by atoms with van der Waals surface area (Å²) in [6.07, 6.45) is 0. The molecule has 0 saturated carbocycles. The lowest BCUT2D eigenvalue weighted by Crippen LogP contribution is -2.28. The summed E-state index contributed by atoms with van der Waals surface area (Å²) in [6, 6.07) is 14.7. The van der Waals surface area contributed by atoms with Crippen molar-refractivity contribution in [3.63, 3.8) is 0 Å². The Balaban J connectivity index is 1.51. The zero-order valence-electron chi connectivity index (χ0n) is 16.1. The molecule has 0 saturated heterocycles. The van der Waals surface area contributed by atoms with Gasteiger partial charge >= 0.3 is 0 Å². The summed E-state index contributed by atoms with van der Waals surface area (Å²) >= 11 is 0. The van der Waals surface area contributed by atoms with Crippen molar-refractivity contribution in [3.05, 3.63) is 59.9 Å². The van der Waals surface area contributed by atoms with Crippen LogP contribution in [0.1, 0.15) is 31.2 Å². The molecule has 28 heavy (non-hydrogen) atoms. The average molecular weight is 381 g/mol. The highest BCUT2D eigenvalue weighted by atomic mass is 16.5. The third-order valence-electron chi connectivity index (χ3n) is 4.10. The molecule has 7 nitrogen and oxygen atoms in total. The van der Waals surface area contributed by atoms with Crippen LogP contribution in [0.4, 0.5) is 0 Å². The molecule has 2 aromatic carbocycles. The first-order valence-electron chi connectivity index (χ1n) is 9.02. The highest BCUT2D eigenvalue weighted by Crippen LogP contribution is 2.22. The van der Waals surface area contributed by atoms with E-state index < -0.39 is 0 Å². The second-order valence-electron chi connectivity index (χ2n) is 6.51. The quantitative estimate of drug-likeness (QED) is 0.642. The highest BCUT2D eigenvalue weighted by Gasteiger charge is 2.12. The first-order chi connectivity index (χ1) is 13.6. The van der Waals surface area contributed by atoms with Crippen LogP contribution in [-0.4, -0.2) is 29.8 Å². The van der Waals surface area contributed by atoms with Crippen LogP contribution in [0.3, 0.4) is 0 Å². The summed E-state index contributed by atoms with van der Waals surface area (Å²) in [5.74, 6) is 2.44. The van der Waals surface area contributed by atoms with Crippen LogP contribution in [0.25, 0.3) is 11.5 Å². The minimum atomic E-state index is -0.214. The Bertz CT molecular complexity index is 919. The average Bonchev–Trinajstić information content (AvgIpc) is 3.22. The van der Waals surface area contributed by atoms with Crippen molar-refractivity contribution in [2.45, 2.75) is 26.3 Å². The smallest absolute Gasteiger partial charge is 0.258 e. The van der Waals surface area contributed by atoms with E-state index in [0.29, 0.717) is 24.0 Å². The Morgan fingerprint density at radius 3 is 2.57 bits per heavy atom. The number of hydrogen-bond acceptors (Lipinski definition) is 6. The molecule has 0 unspecified atom stereocenters. The van der Waals surface area contributed by atoms with Crippen molar-refractivity contribution in [3.8, 4) is 23.0 Å². The Morgan fingerprint density at radius 2 is 1.89 bits per heavy atom. The number of nitrogens with zero attached hydrogens (tertiary/aromatic N) is 2. The van der Waals surface area contributed by atoms with Gasteiger partial charge in [-0.1, -0.05) is 37.2 Å². The minimum absolute atomic E-state index is 0.0768. The summed E-state index contributed by atoms with van der Waals surface area (Å²) in [5.41, 5.74) is 1.70. The van der Waals surface area contributed by atoms with E-state index in [2.05, 4.69) is 15.5 Å². The molecule has 3 aromatic rings. The van der Waals surface area contributed by atoms with Gasteiger partial charge in [-0.25, -0.2) is 0 Å². The van der Waals surface area contributed by atoms with Crippen LogP contribution in [0.5, 0.6) is 11.5 Å². The fraction of sp³-hybridized carbons (Fsp3) is 0.286. The van der Waals surface area contributed by atoms with Gasteiger partial charge in [0.1, 0.15) is 11.5 Å². The zero-order valence-corrected chi connectivity index (χ0v) is 16.1. The Hall–Kier alpha value is -3.35. The van der Waals surface area contributed by atoms with Crippen molar-refractivity contribution >= 4 is 5.91 Å². The van der Waals surface area contributed by atoms with Crippen molar-refractivity contribution in [2.75, 3.05) is 13.7 Å². The Labute approximate surface area is 163 Å². The van der Waals surface area contributed by atoms with Gasteiger partial charge in [-0.2, -0.15) is 4.98 Å². The van der Waals surface area contributed by atoms with E-state index in [-0.39, 0.29) is 18.4 Å². The maximum atomic E-state index is 12.0. The number of hydrogen-bond donors (Lipinski definition) is 1. The predicted octanol–water partition coefficient (Wildman–Crippen LogP) is 3.56. The largest absolute Gasteiger partial charge is 0.496 e. The van der Waals surface area contributed by atoms with Gasteiger partial charge < -0.3 is 19.3 Å². The number of amides is 1. The van der Waals surface area contributed by atoms with E-state index in [0.717, 1.165) is 16.9 Å². The van der Waals surface area contributed by atoms with Crippen molar-refractivity contribution < 1.29 is 18.8 Å². The van der Waals surface area contributed by atoms with Crippen LogP contribution >= 0.6 is 0 Å². The SMILES string of the molecule is COc1ccccc1CNC(=O)COc1ccc(-c2nc(C(C)C)no2)cc1. The maximum absolute atomic E-state index is 12.0. The van der Waals surface area contributed by atoms with E-state index in [1.165, 1.54) is 0 Å². The van der Waals surface area contributed by atoms with E-state index in [9.17, 15) is 4.79 Å². The highest BCUT2D eigenvalue weighted by molar-refractivity contribution is 5.77. The fourth-order valence-electron chi connectivity index (χ4n) is 2.52. The number of rotatable bonds is 8. The summed E-state index contributed by atoms with van der Waals surface area (Å²) in [7, 11) is 1.60. The van der Waals surface area contributed by atoms with E-state index in [1.54, 1.807) is 19.2 Å². The topological polar surface area (TPSA) is 86.5 Å². The van der Waals surface area contributed by atoms with Gasteiger partial charge in [0.2, 0.25) is 0 Å². The van der Waals surface area contributed by atoms with Gasteiger partial charge in [-0.3, -0.25) is 4.79 Å². The number of benzene rings is 2. The van der Waals surface area contributed by atoms with Crippen molar-refractivity contribution in [1.29, 1.82) is 0 Å². The molecule has 0 bridgehead atoms. The molecule has 7 heteroatoms. The molecule has 0 fully saturated rings. The minimum Gasteiger partial charge on any atom is -0.496 e. The van der Waals surface area contributed by atoms with Crippen LogP contribution in [0, 0.1) is 0 Å². The third kappa shape index (κ3) is 4.88. The molecule has 1 aromatic heterocycles. The summed E-state index contributed by atoms with van der Waals surface area (Å²) in [6.45, 7) is 4.31. The number of methoxy groups -OCH3 is 1. The maximum Gasteiger partial charge on any atom is 0.258 e. The molecule has 0 atom stereocenters. The first-order valence-corrected chi connectivity index (χ1v) is 9.02. The van der Waals surface area contributed by atoms with Gasteiger partial charge in [-0.15, -0.1) is 0 Å². The van der Waals surface area contributed by atoms with Gasteiger partial charge in [-0.05, 0) is 30.3 Å². The molecule has 0 aliphatic heterocycles. The van der Waals surface area contributed by atoms with Gasteiger partial charge in [0, 0.05) is 23.6 Å². The summed E-state index contributed by atoms with van der Waals surface area (Å²) in [5, 5.41) is 6.77. The molecule has 0 radical (unpaired) electrons. The normalized spacial score (nSPS) is 10.7. The van der Waals surface area contributed by atoms with Crippen LogP contribution in [-0.2, 0) is 11.3 Å². The van der Waals surface area contributed by atoms with E-state index >= 15 is 0 Å². The fourth-order valence-corrected chi connectivity index (χ4v) is 2.52. The monoisotopic (exact) mass is 381 g/mol. The molecular formula is C21H23N3O4. The van der Waals surface area contributed by atoms with E-state index in [4.69, 9.17) is 14.0 Å². The van der Waals surface area contributed by atoms with Crippen molar-refractivity contribution in [2.24, 2.45) is 0 Å². The van der Waals surface area contributed by atoms with Gasteiger partial charge in [0.05, 0.1) is 7.11 Å². The van der Waals surface area contributed by atoms with E-state index in [1.807, 2.05) is 50.2 Å². The molecule has 1 N–H and O–H groups in total. The number of aromatic nitrogens is 2. The number of para-hydroxylation sites is 1. The van der Waals surface area contributed by atoms with Crippen LogP contribution in [0.15, 0.2) is 53.1 Å². The number of carbonyl (C=O) groups excluding carboxylic acids is 1. The lowest BCUT2D eigenvalue weighted by molar-refractivity contribution is -0.123. The lowest BCUT2D eigenvalue weighted by Gasteiger charge is -2.10. The van der Waals surface area contributed by atoms with Crippen LogP contribution < -0.4 is 14.8 Å². The second-order valence-corrected chi connectivity index (χ2v) is 6.51. The molecule has 0 spiro atoms. The molecular weight excluding hydrogens is 358 g/mol. The standard InChI is InChI=1S/C21H23N3O4/c1-14(2)20-23-21(28-24-20)15-8-10-17(11-9-15)27-13-19(25)22-12-16-6-4-5-7-18(16)26-3/h4-11,14H,12-13H2,1-3H3,(H,22,25). The first kappa shape index (κ1) is 19.4. The molecule has 146 valence electrons. The molecule has 0 aliphatic rings. The lowest BCUT2D eigenvalue weighted by atomic mass is 10.2. The molecule has 1 amide bonds. The van der Waals surface area contributed by atoms with Crippen molar-refractivity contribution in [1.82, 2.24) is 15.5 Å². The summed E-state index contributed by atoms with van der Waals surface area (Å²) < 4.78 is 16.1. The summed E-state index contributed by atoms with van der Waals surface area (Å²) in [4.78, 5) is 16.4. The van der Waals surface area contributed by atoms with Gasteiger partial charge in [0.25, 0.3) is 11.8 Å². The molecule has 1 heterocycles. The Morgan fingerprint density at radius 1 is 1.14 bits per heavy atom. The molecule has 3 rings (SSSR count). The number of ether oxygens (including phenoxy) is 2. The predicted molar refractivity (Wildman–Crippen MR) is 104 cm³/mol.